The molecule has 0 spiro atoms. The summed E-state index contributed by atoms with van der Waals surface area (Å²) in [5.41, 5.74) is 1.19. The summed E-state index contributed by atoms with van der Waals surface area (Å²) in [5.74, 6) is -1.12. The van der Waals surface area contributed by atoms with Crippen LogP contribution in [0, 0.1) is 0 Å². The maximum absolute atomic E-state index is 11.3. The Balaban J connectivity index is 2.21. The molecular weight excluding hydrogens is 278 g/mol. The zero-order valence-corrected chi connectivity index (χ0v) is 12.2. The fourth-order valence-electron chi connectivity index (χ4n) is 1.96. The Morgan fingerprint density at radius 1 is 1.45 bits per heavy atom. The van der Waals surface area contributed by atoms with Gasteiger partial charge in [-0.05, 0) is 13.0 Å². The van der Waals surface area contributed by atoms with E-state index in [0.29, 0.717) is 24.2 Å². The highest BCUT2D eigenvalue weighted by atomic mass is 32.2. The van der Waals surface area contributed by atoms with Crippen LogP contribution in [0.5, 0.6) is 0 Å². The third-order valence-electron chi connectivity index (χ3n) is 3.19. The molecule has 0 fully saturated rings. The monoisotopic (exact) mass is 295 g/mol. The Morgan fingerprint density at radius 3 is 2.80 bits per heavy atom. The highest BCUT2D eigenvalue weighted by Crippen LogP contribution is 2.25. The summed E-state index contributed by atoms with van der Waals surface area (Å²) in [6.07, 6.45) is 1.66. The normalized spacial score (nSPS) is 14.3. The van der Waals surface area contributed by atoms with E-state index in [2.05, 4.69) is 5.32 Å². The number of benzene rings is 1. The van der Waals surface area contributed by atoms with Gasteiger partial charge in [-0.25, -0.2) is 4.79 Å². The van der Waals surface area contributed by atoms with Crippen molar-refractivity contribution >= 4 is 27.7 Å². The largest absolute Gasteiger partial charge is 0.475 e. The van der Waals surface area contributed by atoms with Crippen molar-refractivity contribution in [3.63, 3.8) is 0 Å². The van der Waals surface area contributed by atoms with Crippen molar-refractivity contribution in [1.82, 2.24) is 5.32 Å². The number of fused-ring (bicyclic) bond motifs is 1. The first-order valence-electron chi connectivity index (χ1n) is 6.27. The van der Waals surface area contributed by atoms with Crippen LogP contribution in [0.3, 0.4) is 0 Å². The van der Waals surface area contributed by atoms with Crippen molar-refractivity contribution in [3.8, 4) is 0 Å². The second kappa shape index (κ2) is 6.19. The molecule has 0 amide bonds. The minimum absolute atomic E-state index is 0.0152. The highest BCUT2D eigenvalue weighted by molar-refractivity contribution is 7.84. The summed E-state index contributed by atoms with van der Waals surface area (Å²) in [5, 5.41) is 13.1. The molecule has 1 heterocycles. The summed E-state index contributed by atoms with van der Waals surface area (Å²) in [4.78, 5) is 11.2. The minimum atomic E-state index is -1.08. The number of hydrogen-bond acceptors (Lipinski definition) is 4. The average molecular weight is 295 g/mol. The van der Waals surface area contributed by atoms with Crippen molar-refractivity contribution in [1.29, 1.82) is 0 Å². The van der Waals surface area contributed by atoms with Crippen LogP contribution in [0.4, 0.5) is 0 Å². The van der Waals surface area contributed by atoms with E-state index in [-0.39, 0.29) is 11.0 Å². The molecule has 0 bridgehead atoms. The number of nitrogens with one attached hydrogen (secondary N) is 1. The molecule has 2 unspecified atom stereocenters. The molecule has 2 N–H and O–H groups in total. The van der Waals surface area contributed by atoms with Gasteiger partial charge in [-0.15, -0.1) is 0 Å². The van der Waals surface area contributed by atoms with Crippen LogP contribution in [0.25, 0.3) is 11.0 Å². The molecule has 1 aromatic heterocycles. The van der Waals surface area contributed by atoms with Crippen molar-refractivity contribution in [2.75, 3.05) is 12.8 Å². The molecule has 0 saturated heterocycles. The Morgan fingerprint density at radius 2 is 2.15 bits per heavy atom. The van der Waals surface area contributed by atoms with Crippen molar-refractivity contribution in [3.05, 3.63) is 35.6 Å². The average Bonchev–Trinajstić information content (AvgIpc) is 2.78. The van der Waals surface area contributed by atoms with Crippen LogP contribution in [-0.2, 0) is 17.3 Å². The summed E-state index contributed by atoms with van der Waals surface area (Å²) in [7, 11) is -0.902. The molecule has 6 heteroatoms. The van der Waals surface area contributed by atoms with Crippen LogP contribution in [0.15, 0.2) is 28.7 Å². The molecule has 0 aliphatic carbocycles. The van der Waals surface area contributed by atoms with E-state index in [1.807, 2.05) is 19.1 Å². The summed E-state index contributed by atoms with van der Waals surface area (Å²) in [6, 6.07) is 7.23. The summed E-state index contributed by atoms with van der Waals surface area (Å²) < 4.78 is 16.6. The van der Waals surface area contributed by atoms with E-state index in [4.69, 9.17) is 4.42 Å². The van der Waals surface area contributed by atoms with Gasteiger partial charge in [0.1, 0.15) is 5.58 Å². The number of carboxylic acid groups (broad SMARTS) is 1. The van der Waals surface area contributed by atoms with Gasteiger partial charge in [0.2, 0.25) is 5.76 Å². The Labute approximate surface area is 119 Å². The van der Waals surface area contributed by atoms with Crippen LogP contribution >= 0.6 is 0 Å². The summed E-state index contributed by atoms with van der Waals surface area (Å²) in [6.45, 7) is 2.82. The molecule has 0 saturated carbocycles. The number of aromatic carboxylic acids is 1. The van der Waals surface area contributed by atoms with E-state index >= 15 is 0 Å². The van der Waals surface area contributed by atoms with E-state index in [9.17, 15) is 14.1 Å². The molecule has 2 aromatic rings. The molecule has 20 heavy (non-hydrogen) atoms. The Kier molecular flexibility index (Phi) is 4.57. The lowest BCUT2D eigenvalue weighted by Crippen LogP contribution is -2.27. The van der Waals surface area contributed by atoms with Crippen molar-refractivity contribution < 1.29 is 18.5 Å². The number of rotatable bonds is 6. The van der Waals surface area contributed by atoms with Crippen molar-refractivity contribution in [2.24, 2.45) is 0 Å². The SMILES string of the molecule is CC(CNCc1c(C(=O)O)oc2ccccc12)S(C)=O. The van der Waals surface area contributed by atoms with E-state index in [1.165, 1.54) is 0 Å². The quantitative estimate of drug-likeness (QED) is 0.852. The molecule has 5 nitrogen and oxygen atoms in total. The molecule has 108 valence electrons. The lowest BCUT2D eigenvalue weighted by molar-refractivity contribution is 0.0663. The van der Waals surface area contributed by atoms with Gasteiger partial charge < -0.3 is 14.8 Å². The number of carboxylic acids is 1. The lowest BCUT2D eigenvalue weighted by atomic mass is 10.1. The fourth-order valence-corrected chi connectivity index (χ4v) is 2.32. The Hall–Kier alpha value is -1.66. The third-order valence-corrected chi connectivity index (χ3v) is 4.49. The van der Waals surface area contributed by atoms with Crippen LogP contribution in [-0.4, -0.2) is 33.3 Å². The number of furan rings is 1. The predicted molar refractivity (Wildman–Crippen MR) is 78.4 cm³/mol. The van der Waals surface area contributed by atoms with Gasteiger partial charge in [-0.1, -0.05) is 18.2 Å². The van der Waals surface area contributed by atoms with Gasteiger partial charge in [0.25, 0.3) is 0 Å². The van der Waals surface area contributed by atoms with Crippen molar-refractivity contribution in [2.45, 2.75) is 18.7 Å². The topological polar surface area (TPSA) is 79.5 Å². The van der Waals surface area contributed by atoms with Gasteiger partial charge in [0.05, 0.1) is 0 Å². The second-order valence-electron chi connectivity index (χ2n) is 4.65. The standard InChI is InChI=1S/C14H17NO4S/c1-9(20(2)18)7-15-8-11-10-5-3-4-6-12(10)19-13(11)14(16)17/h3-6,9,15H,7-8H2,1-2H3,(H,16,17). The minimum Gasteiger partial charge on any atom is -0.475 e. The first-order chi connectivity index (χ1) is 9.50. The van der Waals surface area contributed by atoms with Gasteiger partial charge in [0, 0.05) is 46.3 Å². The molecule has 2 rings (SSSR count). The highest BCUT2D eigenvalue weighted by Gasteiger charge is 2.19. The van der Waals surface area contributed by atoms with E-state index < -0.39 is 16.8 Å². The van der Waals surface area contributed by atoms with E-state index in [0.717, 1.165) is 5.39 Å². The number of carbonyl (C=O) groups is 1. The first-order valence-corrected chi connectivity index (χ1v) is 7.89. The third kappa shape index (κ3) is 3.08. The molecular formula is C14H17NO4S. The molecule has 2 atom stereocenters. The van der Waals surface area contributed by atoms with E-state index in [1.54, 1.807) is 18.4 Å². The second-order valence-corrected chi connectivity index (χ2v) is 6.45. The zero-order valence-electron chi connectivity index (χ0n) is 11.4. The predicted octanol–water partition coefficient (Wildman–Crippen LogP) is 1.99. The molecule has 0 aliphatic heterocycles. The summed E-state index contributed by atoms with van der Waals surface area (Å²) >= 11 is 0. The van der Waals surface area contributed by atoms with Gasteiger partial charge >= 0.3 is 5.97 Å². The number of hydrogen-bond donors (Lipinski definition) is 2. The van der Waals surface area contributed by atoms with Gasteiger partial charge in [0.15, 0.2) is 0 Å². The molecule has 0 radical (unpaired) electrons. The lowest BCUT2D eigenvalue weighted by Gasteiger charge is -2.09. The van der Waals surface area contributed by atoms with Gasteiger partial charge in [-0.3, -0.25) is 4.21 Å². The fraction of sp³-hybridized carbons (Fsp3) is 0.357. The van der Waals surface area contributed by atoms with Gasteiger partial charge in [-0.2, -0.15) is 0 Å². The van der Waals surface area contributed by atoms with Crippen LogP contribution in [0.2, 0.25) is 0 Å². The Bertz CT molecular complexity index is 650. The van der Waals surface area contributed by atoms with Crippen LogP contribution < -0.4 is 5.32 Å². The number of para-hydroxylation sites is 1. The maximum Gasteiger partial charge on any atom is 0.372 e. The maximum atomic E-state index is 11.3. The molecule has 1 aromatic carbocycles. The zero-order chi connectivity index (χ0) is 14.7. The van der Waals surface area contributed by atoms with Crippen LogP contribution in [0.1, 0.15) is 23.0 Å². The molecule has 0 aliphatic rings. The smallest absolute Gasteiger partial charge is 0.372 e. The first kappa shape index (κ1) is 14.7.